The van der Waals surface area contributed by atoms with Crippen LogP contribution in [0.1, 0.15) is 45.5 Å². The summed E-state index contributed by atoms with van der Waals surface area (Å²) in [6.07, 6.45) is 2.25. The molecule has 108 valence electrons. The number of fused-ring (bicyclic) bond motifs is 1. The SMILES string of the molecule is CCC1(c2nc3cccc(Cl)c3n2C(C)C)CCNC1. The molecule has 1 saturated heterocycles. The third-order valence-electron chi connectivity index (χ3n) is 4.57. The van der Waals surface area contributed by atoms with Gasteiger partial charge in [-0.05, 0) is 45.4 Å². The van der Waals surface area contributed by atoms with Crippen molar-refractivity contribution in [3.05, 3.63) is 29.0 Å². The lowest BCUT2D eigenvalue weighted by molar-refractivity contribution is 0.394. The third-order valence-corrected chi connectivity index (χ3v) is 4.88. The smallest absolute Gasteiger partial charge is 0.117 e. The monoisotopic (exact) mass is 291 g/mol. The maximum absolute atomic E-state index is 6.44. The van der Waals surface area contributed by atoms with Crippen LogP contribution in [-0.4, -0.2) is 22.6 Å². The van der Waals surface area contributed by atoms with E-state index in [0.717, 1.165) is 42.0 Å². The van der Waals surface area contributed by atoms with E-state index in [1.54, 1.807) is 0 Å². The molecule has 1 aliphatic rings. The lowest BCUT2D eigenvalue weighted by atomic mass is 9.83. The van der Waals surface area contributed by atoms with Crippen molar-refractivity contribution in [3.8, 4) is 0 Å². The topological polar surface area (TPSA) is 29.9 Å². The minimum Gasteiger partial charge on any atom is -0.324 e. The number of halogens is 1. The van der Waals surface area contributed by atoms with Gasteiger partial charge in [-0.1, -0.05) is 24.6 Å². The van der Waals surface area contributed by atoms with Crippen LogP contribution < -0.4 is 5.32 Å². The van der Waals surface area contributed by atoms with E-state index in [1.807, 2.05) is 12.1 Å². The van der Waals surface area contributed by atoms with Crippen molar-refractivity contribution < 1.29 is 0 Å². The molecule has 1 aliphatic heterocycles. The van der Waals surface area contributed by atoms with Crippen molar-refractivity contribution >= 4 is 22.6 Å². The average molecular weight is 292 g/mol. The van der Waals surface area contributed by atoms with Crippen molar-refractivity contribution in [3.63, 3.8) is 0 Å². The van der Waals surface area contributed by atoms with Gasteiger partial charge < -0.3 is 9.88 Å². The molecule has 1 aromatic heterocycles. The first-order chi connectivity index (χ1) is 9.59. The first-order valence-corrected chi connectivity index (χ1v) is 7.84. The fourth-order valence-corrected chi connectivity index (χ4v) is 3.64. The number of benzene rings is 1. The van der Waals surface area contributed by atoms with Crippen molar-refractivity contribution in [2.45, 2.75) is 45.1 Å². The Morgan fingerprint density at radius 1 is 1.45 bits per heavy atom. The first kappa shape index (κ1) is 13.9. The number of nitrogens with one attached hydrogen (secondary N) is 1. The number of hydrogen-bond acceptors (Lipinski definition) is 2. The van der Waals surface area contributed by atoms with E-state index >= 15 is 0 Å². The maximum Gasteiger partial charge on any atom is 0.117 e. The van der Waals surface area contributed by atoms with Gasteiger partial charge in [-0.15, -0.1) is 0 Å². The quantitative estimate of drug-likeness (QED) is 0.929. The van der Waals surface area contributed by atoms with Gasteiger partial charge in [0.1, 0.15) is 5.82 Å². The summed E-state index contributed by atoms with van der Waals surface area (Å²) < 4.78 is 2.34. The third kappa shape index (κ3) is 1.95. The predicted molar refractivity (Wildman–Crippen MR) is 84.6 cm³/mol. The molecule has 0 bridgehead atoms. The molecule has 4 heteroatoms. The number of rotatable bonds is 3. The van der Waals surface area contributed by atoms with Crippen LogP contribution in [0.4, 0.5) is 0 Å². The van der Waals surface area contributed by atoms with Crippen molar-refractivity contribution in [2.24, 2.45) is 0 Å². The number of hydrogen-bond donors (Lipinski definition) is 1. The Kier molecular flexibility index (Phi) is 3.51. The lowest BCUT2D eigenvalue weighted by Crippen LogP contribution is -2.32. The Hall–Kier alpha value is -1.06. The zero-order valence-corrected chi connectivity index (χ0v) is 13.2. The van der Waals surface area contributed by atoms with E-state index in [-0.39, 0.29) is 5.41 Å². The summed E-state index contributed by atoms with van der Waals surface area (Å²) in [5, 5.41) is 4.30. The van der Waals surface area contributed by atoms with Crippen molar-refractivity contribution in [1.29, 1.82) is 0 Å². The summed E-state index contributed by atoms with van der Waals surface area (Å²) in [6, 6.07) is 6.37. The van der Waals surface area contributed by atoms with Gasteiger partial charge in [0.2, 0.25) is 0 Å². The molecule has 1 aromatic carbocycles. The highest BCUT2D eigenvalue weighted by atomic mass is 35.5. The summed E-state index contributed by atoms with van der Waals surface area (Å²) in [7, 11) is 0. The summed E-state index contributed by atoms with van der Waals surface area (Å²) in [5.41, 5.74) is 2.24. The standard InChI is InChI=1S/C16H22ClN3/c1-4-16(8-9-18-10-16)15-19-13-7-5-6-12(17)14(13)20(15)11(2)3/h5-7,11,18H,4,8-10H2,1-3H3. The largest absolute Gasteiger partial charge is 0.324 e. The van der Waals surface area contributed by atoms with Crippen molar-refractivity contribution in [2.75, 3.05) is 13.1 Å². The second-order valence-corrected chi connectivity index (χ2v) is 6.47. The van der Waals surface area contributed by atoms with Crippen LogP contribution >= 0.6 is 11.6 Å². The van der Waals surface area contributed by atoms with Gasteiger partial charge in [-0.25, -0.2) is 4.98 Å². The van der Waals surface area contributed by atoms with Crippen LogP contribution in [0.25, 0.3) is 11.0 Å². The lowest BCUT2D eigenvalue weighted by Gasteiger charge is -2.28. The van der Waals surface area contributed by atoms with Gasteiger partial charge in [-0.3, -0.25) is 0 Å². The fraction of sp³-hybridized carbons (Fsp3) is 0.562. The summed E-state index contributed by atoms with van der Waals surface area (Å²) in [6.45, 7) is 8.76. The Morgan fingerprint density at radius 2 is 2.25 bits per heavy atom. The highest BCUT2D eigenvalue weighted by Crippen LogP contribution is 2.38. The molecule has 1 atom stereocenters. The van der Waals surface area contributed by atoms with Crippen LogP contribution in [-0.2, 0) is 5.41 Å². The van der Waals surface area contributed by atoms with E-state index in [2.05, 4.69) is 36.7 Å². The zero-order chi connectivity index (χ0) is 14.3. The Labute approximate surface area is 125 Å². The van der Waals surface area contributed by atoms with Gasteiger partial charge in [0.25, 0.3) is 0 Å². The molecule has 1 N–H and O–H groups in total. The van der Waals surface area contributed by atoms with Gasteiger partial charge in [-0.2, -0.15) is 0 Å². The summed E-state index contributed by atoms with van der Waals surface area (Å²) in [5.74, 6) is 1.20. The normalized spacial score (nSPS) is 23.1. The average Bonchev–Trinajstić information content (AvgIpc) is 3.04. The molecule has 0 aliphatic carbocycles. The molecule has 0 amide bonds. The fourth-order valence-electron chi connectivity index (χ4n) is 3.38. The molecule has 2 heterocycles. The van der Waals surface area contributed by atoms with E-state index in [4.69, 9.17) is 16.6 Å². The number of nitrogens with zero attached hydrogens (tertiary/aromatic N) is 2. The number of imidazole rings is 1. The van der Waals surface area contributed by atoms with Crippen LogP contribution in [0, 0.1) is 0 Å². The Balaban J connectivity index is 2.30. The van der Waals surface area contributed by atoms with Gasteiger partial charge >= 0.3 is 0 Å². The second-order valence-electron chi connectivity index (χ2n) is 6.07. The van der Waals surface area contributed by atoms with Gasteiger partial charge in [0.15, 0.2) is 0 Å². The molecule has 1 unspecified atom stereocenters. The Bertz CT molecular complexity index is 624. The molecule has 20 heavy (non-hydrogen) atoms. The van der Waals surface area contributed by atoms with Gasteiger partial charge in [0.05, 0.1) is 16.1 Å². The molecular formula is C16H22ClN3. The van der Waals surface area contributed by atoms with Crippen LogP contribution in [0.2, 0.25) is 5.02 Å². The zero-order valence-electron chi connectivity index (χ0n) is 12.4. The molecule has 1 fully saturated rings. The van der Waals surface area contributed by atoms with E-state index < -0.39 is 0 Å². The summed E-state index contributed by atoms with van der Waals surface area (Å²) in [4.78, 5) is 4.96. The molecule has 3 rings (SSSR count). The number of para-hydroxylation sites is 1. The van der Waals surface area contributed by atoms with E-state index in [9.17, 15) is 0 Å². The highest BCUT2D eigenvalue weighted by Gasteiger charge is 2.39. The molecule has 0 saturated carbocycles. The molecule has 0 spiro atoms. The molecule has 3 nitrogen and oxygen atoms in total. The molecular weight excluding hydrogens is 270 g/mol. The van der Waals surface area contributed by atoms with Crippen LogP contribution in [0.3, 0.4) is 0 Å². The first-order valence-electron chi connectivity index (χ1n) is 7.47. The van der Waals surface area contributed by atoms with Crippen LogP contribution in [0.5, 0.6) is 0 Å². The number of aromatic nitrogens is 2. The second kappa shape index (κ2) is 5.05. The van der Waals surface area contributed by atoms with Crippen LogP contribution in [0.15, 0.2) is 18.2 Å². The minimum absolute atomic E-state index is 0.145. The maximum atomic E-state index is 6.44. The predicted octanol–water partition coefficient (Wildman–Crippen LogP) is 3.91. The van der Waals surface area contributed by atoms with E-state index in [1.165, 1.54) is 5.82 Å². The van der Waals surface area contributed by atoms with Gasteiger partial charge in [0, 0.05) is 18.0 Å². The van der Waals surface area contributed by atoms with E-state index in [0.29, 0.717) is 6.04 Å². The minimum atomic E-state index is 0.145. The molecule has 2 aromatic rings. The molecule has 0 radical (unpaired) electrons. The Morgan fingerprint density at radius 3 is 2.85 bits per heavy atom. The highest BCUT2D eigenvalue weighted by molar-refractivity contribution is 6.35. The summed E-state index contributed by atoms with van der Waals surface area (Å²) >= 11 is 6.44. The van der Waals surface area contributed by atoms with Crippen molar-refractivity contribution in [1.82, 2.24) is 14.9 Å².